The molecule has 1 atom stereocenters. The van der Waals surface area contributed by atoms with Crippen LogP contribution in [0.4, 0.5) is 0 Å². The maximum Gasteiger partial charge on any atom is 0.311 e. The first-order valence-corrected chi connectivity index (χ1v) is 8.05. The number of esters is 2. The summed E-state index contributed by atoms with van der Waals surface area (Å²) < 4.78 is 10.3. The van der Waals surface area contributed by atoms with Crippen LogP contribution in [-0.4, -0.2) is 18.0 Å². The quantitative estimate of drug-likeness (QED) is 0.380. The van der Waals surface area contributed by atoms with Gasteiger partial charge in [0.2, 0.25) is 0 Å². The van der Waals surface area contributed by atoms with E-state index in [1.807, 2.05) is 6.92 Å². The molecule has 0 bridgehead atoms. The lowest BCUT2D eigenvalue weighted by atomic mass is 10.1. The number of halogens is 1. The van der Waals surface area contributed by atoms with Crippen LogP contribution in [0.25, 0.3) is 0 Å². The van der Waals surface area contributed by atoms with E-state index in [-0.39, 0.29) is 24.9 Å². The standard InChI is InChI=1S/C17H23ClO4/c1-3-4-5-8-13(2)21-16(19)11-12-17(20)22-15-10-7-6-9-14(15)18/h6-7,9-10,13H,3-5,8,11-12H2,1-2H3. The minimum Gasteiger partial charge on any atom is -0.463 e. The van der Waals surface area contributed by atoms with Crippen molar-refractivity contribution < 1.29 is 19.1 Å². The number of para-hydroxylation sites is 1. The zero-order chi connectivity index (χ0) is 16.4. The van der Waals surface area contributed by atoms with Crippen molar-refractivity contribution in [3.63, 3.8) is 0 Å². The molecule has 1 rings (SSSR count). The first-order chi connectivity index (χ1) is 10.5. The lowest BCUT2D eigenvalue weighted by molar-refractivity contribution is -0.151. The molecule has 1 aromatic carbocycles. The molecule has 0 aliphatic carbocycles. The largest absolute Gasteiger partial charge is 0.463 e. The highest BCUT2D eigenvalue weighted by Crippen LogP contribution is 2.23. The number of hydrogen-bond donors (Lipinski definition) is 0. The van der Waals surface area contributed by atoms with Crippen LogP contribution >= 0.6 is 11.6 Å². The molecular formula is C17H23ClO4. The van der Waals surface area contributed by atoms with E-state index in [1.165, 1.54) is 0 Å². The van der Waals surface area contributed by atoms with Gasteiger partial charge in [0.1, 0.15) is 5.75 Å². The maximum absolute atomic E-state index is 11.7. The van der Waals surface area contributed by atoms with Gasteiger partial charge >= 0.3 is 11.9 Å². The molecule has 0 N–H and O–H groups in total. The Bertz CT molecular complexity index is 487. The van der Waals surface area contributed by atoms with Crippen molar-refractivity contribution in [3.05, 3.63) is 29.3 Å². The van der Waals surface area contributed by atoms with E-state index in [0.717, 1.165) is 25.7 Å². The second kappa shape index (κ2) is 10.2. The minimum absolute atomic E-state index is 0.0153. The summed E-state index contributed by atoms with van der Waals surface area (Å²) in [7, 11) is 0. The molecule has 0 heterocycles. The van der Waals surface area contributed by atoms with Crippen molar-refractivity contribution in [1.29, 1.82) is 0 Å². The van der Waals surface area contributed by atoms with Crippen LogP contribution in [0.15, 0.2) is 24.3 Å². The fraction of sp³-hybridized carbons (Fsp3) is 0.529. The van der Waals surface area contributed by atoms with E-state index >= 15 is 0 Å². The molecule has 0 aliphatic heterocycles. The molecule has 4 nitrogen and oxygen atoms in total. The molecule has 1 unspecified atom stereocenters. The van der Waals surface area contributed by atoms with Crippen molar-refractivity contribution in [2.24, 2.45) is 0 Å². The van der Waals surface area contributed by atoms with E-state index in [1.54, 1.807) is 24.3 Å². The van der Waals surface area contributed by atoms with Crippen molar-refractivity contribution in [3.8, 4) is 5.75 Å². The van der Waals surface area contributed by atoms with Gasteiger partial charge in [0.15, 0.2) is 0 Å². The van der Waals surface area contributed by atoms with Gasteiger partial charge in [-0.15, -0.1) is 0 Å². The molecule has 0 aliphatic rings. The first kappa shape index (κ1) is 18.5. The van der Waals surface area contributed by atoms with E-state index in [4.69, 9.17) is 21.1 Å². The van der Waals surface area contributed by atoms with Gasteiger partial charge in [-0.2, -0.15) is 0 Å². The monoisotopic (exact) mass is 326 g/mol. The zero-order valence-electron chi connectivity index (χ0n) is 13.1. The molecule has 0 radical (unpaired) electrons. The number of ether oxygens (including phenoxy) is 2. The van der Waals surface area contributed by atoms with Crippen LogP contribution in [-0.2, 0) is 14.3 Å². The van der Waals surface area contributed by atoms with E-state index in [2.05, 4.69) is 6.92 Å². The predicted molar refractivity (Wildman–Crippen MR) is 86.0 cm³/mol. The van der Waals surface area contributed by atoms with Crippen LogP contribution in [0.3, 0.4) is 0 Å². The predicted octanol–water partition coefficient (Wildman–Crippen LogP) is 4.54. The molecule has 0 saturated carbocycles. The smallest absolute Gasteiger partial charge is 0.311 e. The molecule has 0 fully saturated rings. The normalized spacial score (nSPS) is 11.8. The molecule has 22 heavy (non-hydrogen) atoms. The van der Waals surface area contributed by atoms with E-state index in [0.29, 0.717) is 10.8 Å². The lowest BCUT2D eigenvalue weighted by Crippen LogP contribution is -2.17. The van der Waals surface area contributed by atoms with Gasteiger partial charge in [-0.05, 0) is 31.9 Å². The Morgan fingerprint density at radius 2 is 1.82 bits per heavy atom. The maximum atomic E-state index is 11.7. The van der Waals surface area contributed by atoms with Gasteiger partial charge in [0, 0.05) is 0 Å². The molecule has 0 saturated heterocycles. The number of unbranched alkanes of at least 4 members (excludes halogenated alkanes) is 2. The van der Waals surface area contributed by atoms with Crippen LogP contribution in [0, 0.1) is 0 Å². The van der Waals surface area contributed by atoms with E-state index in [9.17, 15) is 9.59 Å². The molecule has 1 aromatic rings. The van der Waals surface area contributed by atoms with Gasteiger partial charge in [-0.1, -0.05) is 43.5 Å². The third-order valence-electron chi connectivity index (χ3n) is 3.14. The average Bonchev–Trinajstić information content (AvgIpc) is 2.48. The summed E-state index contributed by atoms with van der Waals surface area (Å²) >= 11 is 5.89. The van der Waals surface area contributed by atoms with Crippen molar-refractivity contribution in [2.45, 2.75) is 58.5 Å². The summed E-state index contributed by atoms with van der Waals surface area (Å²) in [6.45, 7) is 4.00. The third kappa shape index (κ3) is 7.46. The van der Waals surface area contributed by atoms with Gasteiger partial charge < -0.3 is 9.47 Å². The summed E-state index contributed by atoms with van der Waals surface area (Å²) in [5.74, 6) is -0.570. The lowest BCUT2D eigenvalue weighted by Gasteiger charge is -2.12. The Morgan fingerprint density at radius 1 is 1.14 bits per heavy atom. The van der Waals surface area contributed by atoms with E-state index < -0.39 is 5.97 Å². The summed E-state index contributed by atoms with van der Waals surface area (Å²) in [6.07, 6.45) is 4.04. The van der Waals surface area contributed by atoms with Gasteiger partial charge in [0.25, 0.3) is 0 Å². The molecule has 0 amide bonds. The fourth-order valence-corrected chi connectivity index (χ4v) is 2.10. The third-order valence-corrected chi connectivity index (χ3v) is 3.45. The Labute approximate surface area is 136 Å². The van der Waals surface area contributed by atoms with Crippen molar-refractivity contribution in [1.82, 2.24) is 0 Å². The number of carbonyl (C=O) groups is 2. The number of hydrogen-bond acceptors (Lipinski definition) is 4. The van der Waals surface area contributed by atoms with Crippen LogP contribution in [0.2, 0.25) is 5.02 Å². The zero-order valence-corrected chi connectivity index (χ0v) is 13.9. The Kier molecular flexibility index (Phi) is 8.60. The summed E-state index contributed by atoms with van der Waals surface area (Å²) in [4.78, 5) is 23.3. The Hall–Kier alpha value is -1.55. The Balaban J connectivity index is 2.26. The van der Waals surface area contributed by atoms with Crippen LogP contribution < -0.4 is 4.74 Å². The van der Waals surface area contributed by atoms with Crippen molar-refractivity contribution >= 4 is 23.5 Å². The topological polar surface area (TPSA) is 52.6 Å². The number of carbonyl (C=O) groups excluding carboxylic acids is 2. The molecule has 0 spiro atoms. The highest BCUT2D eigenvalue weighted by Gasteiger charge is 2.13. The van der Waals surface area contributed by atoms with Crippen LogP contribution in [0.1, 0.15) is 52.4 Å². The SMILES string of the molecule is CCCCCC(C)OC(=O)CCC(=O)Oc1ccccc1Cl. The number of rotatable bonds is 9. The fourth-order valence-electron chi connectivity index (χ4n) is 1.93. The van der Waals surface area contributed by atoms with Crippen LogP contribution in [0.5, 0.6) is 5.75 Å². The van der Waals surface area contributed by atoms with Gasteiger partial charge in [0.05, 0.1) is 24.0 Å². The second-order valence-electron chi connectivity index (χ2n) is 5.20. The summed E-state index contributed by atoms with van der Waals surface area (Å²) in [5, 5.41) is 0.364. The van der Waals surface area contributed by atoms with Crippen molar-refractivity contribution in [2.75, 3.05) is 0 Å². The molecular weight excluding hydrogens is 304 g/mol. The summed E-state index contributed by atoms with van der Waals surface area (Å²) in [6, 6.07) is 6.71. The van der Waals surface area contributed by atoms with Gasteiger partial charge in [-0.25, -0.2) is 0 Å². The summed E-state index contributed by atoms with van der Waals surface area (Å²) in [5.41, 5.74) is 0. The van der Waals surface area contributed by atoms with Gasteiger partial charge in [-0.3, -0.25) is 9.59 Å². The molecule has 122 valence electrons. The second-order valence-corrected chi connectivity index (χ2v) is 5.61. The Morgan fingerprint density at radius 3 is 2.50 bits per heavy atom. The molecule has 5 heteroatoms. The number of benzene rings is 1. The minimum atomic E-state index is -0.497. The molecule has 0 aromatic heterocycles. The highest BCUT2D eigenvalue weighted by atomic mass is 35.5. The average molecular weight is 327 g/mol. The highest BCUT2D eigenvalue weighted by molar-refractivity contribution is 6.32. The first-order valence-electron chi connectivity index (χ1n) is 7.67.